The van der Waals surface area contributed by atoms with Crippen molar-refractivity contribution in [3.05, 3.63) is 0 Å². The van der Waals surface area contributed by atoms with Gasteiger partial charge in [0.05, 0.1) is 12.1 Å². The number of nitrogens with one attached hydrogen (secondary N) is 3. The minimum atomic E-state index is -1.54. The van der Waals surface area contributed by atoms with Crippen LogP contribution in [0, 0.1) is 5.92 Å². The van der Waals surface area contributed by atoms with Crippen molar-refractivity contribution in [2.24, 2.45) is 17.4 Å². The standard InChI is InChI=1S/C18H35N5O6S/c1-9(2)13(20)17(27)21-11(6-4-5-7-19)15(25)22-12(8-30)16(26)23-14(10(3)24)18(28)29/h9-14,24,30H,4-8,19-20H2,1-3H3,(H,21,27)(H,22,25)(H,23,26)(H,28,29). The lowest BCUT2D eigenvalue weighted by atomic mass is 10.0. The Morgan fingerprint density at radius 2 is 1.47 bits per heavy atom. The summed E-state index contributed by atoms with van der Waals surface area (Å²) in [6, 6.07) is -4.47. The van der Waals surface area contributed by atoms with Crippen LogP contribution < -0.4 is 27.4 Å². The number of carbonyl (C=O) groups is 4. The van der Waals surface area contributed by atoms with Crippen LogP contribution in [-0.4, -0.2) is 76.5 Å². The van der Waals surface area contributed by atoms with Gasteiger partial charge in [0.25, 0.3) is 0 Å². The van der Waals surface area contributed by atoms with Crippen LogP contribution >= 0.6 is 12.6 Å². The lowest BCUT2D eigenvalue weighted by molar-refractivity contribution is -0.145. The molecule has 5 unspecified atom stereocenters. The Morgan fingerprint density at radius 1 is 0.933 bits per heavy atom. The quantitative estimate of drug-likeness (QED) is 0.109. The molecule has 0 saturated carbocycles. The van der Waals surface area contributed by atoms with Crippen molar-refractivity contribution in [2.45, 2.75) is 70.3 Å². The molecular formula is C18H35N5O6S. The van der Waals surface area contributed by atoms with Crippen molar-refractivity contribution in [3.8, 4) is 0 Å². The van der Waals surface area contributed by atoms with Gasteiger partial charge in [0, 0.05) is 5.75 Å². The first kappa shape index (κ1) is 28.1. The number of aliphatic hydroxyl groups is 1. The average molecular weight is 450 g/mol. The van der Waals surface area contributed by atoms with Crippen molar-refractivity contribution in [1.82, 2.24) is 16.0 Å². The molecule has 0 heterocycles. The lowest BCUT2D eigenvalue weighted by Crippen LogP contribution is -2.59. The van der Waals surface area contributed by atoms with Crippen molar-refractivity contribution >= 4 is 36.3 Å². The number of unbranched alkanes of at least 4 members (excludes halogenated alkanes) is 1. The Kier molecular flexibility index (Phi) is 13.3. The predicted octanol–water partition coefficient (Wildman–Crippen LogP) is -2.05. The van der Waals surface area contributed by atoms with Crippen molar-refractivity contribution in [2.75, 3.05) is 12.3 Å². The van der Waals surface area contributed by atoms with Gasteiger partial charge in [0.1, 0.15) is 12.1 Å². The average Bonchev–Trinajstić information content (AvgIpc) is 2.67. The number of amides is 3. The van der Waals surface area contributed by atoms with Gasteiger partial charge in [-0.15, -0.1) is 0 Å². The van der Waals surface area contributed by atoms with E-state index in [1.165, 1.54) is 6.92 Å². The second-order valence-corrected chi connectivity index (χ2v) is 7.79. The molecule has 0 bridgehead atoms. The molecule has 0 saturated heterocycles. The largest absolute Gasteiger partial charge is 0.480 e. The number of hydrogen-bond donors (Lipinski definition) is 8. The Morgan fingerprint density at radius 3 is 1.90 bits per heavy atom. The van der Waals surface area contributed by atoms with E-state index < -0.39 is 54.0 Å². The summed E-state index contributed by atoms with van der Waals surface area (Å²) in [6.45, 7) is 5.19. The highest BCUT2D eigenvalue weighted by Gasteiger charge is 2.31. The zero-order valence-corrected chi connectivity index (χ0v) is 18.5. The van der Waals surface area contributed by atoms with Gasteiger partial charge in [0.15, 0.2) is 6.04 Å². The Balaban J connectivity index is 5.23. The number of carboxylic acid groups (broad SMARTS) is 1. The van der Waals surface area contributed by atoms with Gasteiger partial charge in [-0.1, -0.05) is 13.8 Å². The molecule has 9 N–H and O–H groups in total. The van der Waals surface area contributed by atoms with E-state index in [0.29, 0.717) is 19.4 Å². The molecule has 0 radical (unpaired) electrons. The predicted molar refractivity (Wildman–Crippen MR) is 115 cm³/mol. The summed E-state index contributed by atoms with van der Waals surface area (Å²) in [6.07, 6.45) is 0.142. The molecule has 3 amide bonds. The fourth-order valence-corrected chi connectivity index (χ4v) is 2.70. The fraction of sp³-hybridized carbons (Fsp3) is 0.778. The molecule has 0 fully saturated rings. The molecule has 5 atom stereocenters. The summed E-state index contributed by atoms with van der Waals surface area (Å²) in [5, 5.41) is 25.8. The SMILES string of the molecule is CC(C)C(N)C(=O)NC(CCCCN)C(=O)NC(CS)C(=O)NC(C(=O)O)C(C)O. The second kappa shape index (κ2) is 14.2. The Hall–Kier alpha value is -1.89. The van der Waals surface area contributed by atoms with Gasteiger partial charge < -0.3 is 37.6 Å². The first-order valence-corrected chi connectivity index (χ1v) is 10.5. The number of nitrogens with two attached hydrogens (primary N) is 2. The van der Waals surface area contributed by atoms with Gasteiger partial charge in [-0.2, -0.15) is 12.6 Å². The molecule has 11 nitrogen and oxygen atoms in total. The fourth-order valence-electron chi connectivity index (χ4n) is 2.44. The maximum Gasteiger partial charge on any atom is 0.328 e. The van der Waals surface area contributed by atoms with Gasteiger partial charge in [-0.25, -0.2) is 4.79 Å². The van der Waals surface area contributed by atoms with Crippen LogP contribution in [0.1, 0.15) is 40.0 Å². The third-order valence-corrected chi connectivity index (χ3v) is 4.83. The van der Waals surface area contributed by atoms with Crippen LogP contribution in [0.15, 0.2) is 0 Å². The monoisotopic (exact) mass is 449 g/mol. The zero-order chi connectivity index (χ0) is 23.4. The minimum absolute atomic E-state index is 0.126. The highest BCUT2D eigenvalue weighted by Crippen LogP contribution is 2.05. The van der Waals surface area contributed by atoms with Crippen LogP contribution in [0.3, 0.4) is 0 Å². The van der Waals surface area contributed by atoms with Crippen molar-refractivity contribution < 1.29 is 29.4 Å². The van der Waals surface area contributed by atoms with E-state index in [4.69, 9.17) is 16.6 Å². The summed E-state index contributed by atoms with van der Waals surface area (Å²) >= 11 is 4.03. The van der Waals surface area contributed by atoms with E-state index in [1.54, 1.807) is 13.8 Å². The molecule has 0 aliphatic heterocycles. The third kappa shape index (κ3) is 9.74. The first-order valence-electron chi connectivity index (χ1n) is 9.84. The van der Waals surface area contributed by atoms with E-state index in [2.05, 4.69) is 28.6 Å². The molecule has 0 rings (SSSR count). The topological polar surface area (TPSA) is 197 Å². The highest BCUT2D eigenvalue weighted by atomic mass is 32.1. The van der Waals surface area contributed by atoms with Crippen LogP contribution in [0.4, 0.5) is 0 Å². The van der Waals surface area contributed by atoms with E-state index in [1.807, 2.05) is 0 Å². The summed E-state index contributed by atoms with van der Waals surface area (Å²) in [7, 11) is 0. The normalized spacial score (nSPS) is 16.1. The maximum absolute atomic E-state index is 12.7. The molecular weight excluding hydrogens is 414 g/mol. The van der Waals surface area contributed by atoms with E-state index in [-0.39, 0.29) is 18.1 Å². The third-order valence-electron chi connectivity index (χ3n) is 4.46. The number of thiol groups is 1. The van der Waals surface area contributed by atoms with Crippen LogP contribution in [-0.2, 0) is 19.2 Å². The Labute approximate surface area is 182 Å². The zero-order valence-electron chi connectivity index (χ0n) is 17.6. The minimum Gasteiger partial charge on any atom is -0.480 e. The van der Waals surface area contributed by atoms with Gasteiger partial charge in [0.2, 0.25) is 17.7 Å². The Bertz CT molecular complexity index is 589. The van der Waals surface area contributed by atoms with E-state index >= 15 is 0 Å². The second-order valence-electron chi connectivity index (χ2n) is 7.42. The van der Waals surface area contributed by atoms with Crippen molar-refractivity contribution in [3.63, 3.8) is 0 Å². The summed E-state index contributed by atoms with van der Waals surface area (Å²) < 4.78 is 0. The smallest absolute Gasteiger partial charge is 0.328 e. The number of hydrogen-bond acceptors (Lipinski definition) is 8. The number of carboxylic acids is 1. The van der Waals surface area contributed by atoms with E-state index in [0.717, 1.165) is 0 Å². The molecule has 0 aromatic carbocycles. The van der Waals surface area contributed by atoms with Gasteiger partial charge in [-0.3, -0.25) is 14.4 Å². The molecule has 0 aliphatic rings. The highest BCUT2D eigenvalue weighted by molar-refractivity contribution is 7.80. The van der Waals surface area contributed by atoms with E-state index in [9.17, 15) is 24.3 Å². The summed E-state index contributed by atoms with van der Waals surface area (Å²) in [4.78, 5) is 48.5. The number of carbonyl (C=O) groups excluding carboxylic acids is 3. The van der Waals surface area contributed by atoms with Gasteiger partial charge in [-0.05, 0) is 38.6 Å². The molecule has 30 heavy (non-hydrogen) atoms. The molecule has 0 aromatic heterocycles. The lowest BCUT2D eigenvalue weighted by Gasteiger charge is -2.25. The molecule has 12 heteroatoms. The summed E-state index contributed by atoms with van der Waals surface area (Å²) in [5.74, 6) is -3.63. The van der Waals surface area contributed by atoms with Crippen LogP contribution in [0.2, 0.25) is 0 Å². The van der Waals surface area contributed by atoms with Crippen LogP contribution in [0.5, 0.6) is 0 Å². The van der Waals surface area contributed by atoms with Gasteiger partial charge >= 0.3 is 5.97 Å². The molecule has 0 aliphatic carbocycles. The maximum atomic E-state index is 12.7. The molecule has 174 valence electrons. The number of rotatable bonds is 14. The number of aliphatic carboxylic acids is 1. The number of aliphatic hydroxyl groups excluding tert-OH is 1. The molecule has 0 spiro atoms. The summed E-state index contributed by atoms with van der Waals surface area (Å²) in [5.41, 5.74) is 11.3. The van der Waals surface area contributed by atoms with Crippen molar-refractivity contribution in [1.29, 1.82) is 0 Å². The molecule has 0 aromatic rings. The van der Waals surface area contributed by atoms with Crippen LogP contribution in [0.25, 0.3) is 0 Å². The first-order chi connectivity index (χ1) is 14.0.